The van der Waals surface area contributed by atoms with Crippen molar-refractivity contribution in [1.82, 2.24) is 20.6 Å². The van der Waals surface area contributed by atoms with E-state index in [1.165, 1.54) is 17.8 Å². The maximum atomic E-state index is 13.0. The van der Waals surface area contributed by atoms with Crippen LogP contribution in [0.3, 0.4) is 0 Å². The minimum absolute atomic E-state index is 0.229. The van der Waals surface area contributed by atoms with Crippen LogP contribution in [0.25, 0.3) is 11.5 Å². The molecule has 0 saturated carbocycles. The van der Waals surface area contributed by atoms with Gasteiger partial charge in [0.2, 0.25) is 11.8 Å². The lowest BCUT2D eigenvalue weighted by atomic mass is 10.1. The summed E-state index contributed by atoms with van der Waals surface area (Å²) in [5.74, 6) is -0.00992. The first-order valence-electron chi connectivity index (χ1n) is 8.24. The summed E-state index contributed by atoms with van der Waals surface area (Å²) in [4.78, 5) is 19.7. The van der Waals surface area contributed by atoms with Crippen molar-refractivity contribution in [2.24, 2.45) is 0 Å². The number of rotatable bonds is 6. The summed E-state index contributed by atoms with van der Waals surface area (Å²) < 4.78 is 18.5. The van der Waals surface area contributed by atoms with E-state index in [4.69, 9.17) is 4.42 Å². The summed E-state index contributed by atoms with van der Waals surface area (Å²) in [6.45, 7) is 2.66. The number of halogens is 1. The van der Waals surface area contributed by atoms with Gasteiger partial charge in [-0.05, 0) is 36.8 Å². The molecule has 134 valence electrons. The second-order valence-electron chi connectivity index (χ2n) is 5.86. The van der Waals surface area contributed by atoms with Crippen LogP contribution in [0.4, 0.5) is 9.18 Å². The maximum absolute atomic E-state index is 13.0. The number of hydrogen-bond acceptors (Lipinski definition) is 4. The molecule has 0 saturated heterocycles. The van der Waals surface area contributed by atoms with Gasteiger partial charge < -0.3 is 15.1 Å². The van der Waals surface area contributed by atoms with Crippen LogP contribution in [0.5, 0.6) is 0 Å². The Morgan fingerprint density at radius 1 is 1.19 bits per heavy atom. The first-order chi connectivity index (χ1) is 12.6. The molecule has 2 N–H and O–H groups in total. The van der Waals surface area contributed by atoms with Gasteiger partial charge in [-0.1, -0.05) is 17.7 Å². The first-order valence-corrected chi connectivity index (χ1v) is 8.24. The summed E-state index contributed by atoms with van der Waals surface area (Å²) in [6, 6.07) is 10.5. The molecule has 0 aliphatic heterocycles. The van der Waals surface area contributed by atoms with Gasteiger partial charge in [0, 0.05) is 31.3 Å². The van der Waals surface area contributed by atoms with Crippen LogP contribution in [-0.4, -0.2) is 22.5 Å². The van der Waals surface area contributed by atoms with Gasteiger partial charge in [0.15, 0.2) is 0 Å². The lowest BCUT2D eigenvalue weighted by molar-refractivity contribution is 0.240. The number of oxazole rings is 1. The zero-order valence-electron chi connectivity index (χ0n) is 14.3. The molecule has 0 radical (unpaired) electrons. The molecule has 3 aromatic rings. The maximum Gasteiger partial charge on any atom is 0.315 e. The Hall–Kier alpha value is -3.22. The van der Waals surface area contributed by atoms with E-state index in [0.29, 0.717) is 24.4 Å². The lowest BCUT2D eigenvalue weighted by Crippen LogP contribution is -2.36. The monoisotopic (exact) mass is 354 g/mol. The molecule has 2 aromatic heterocycles. The van der Waals surface area contributed by atoms with Crippen molar-refractivity contribution in [3.8, 4) is 11.5 Å². The van der Waals surface area contributed by atoms with E-state index in [-0.39, 0.29) is 12.6 Å². The van der Waals surface area contributed by atoms with Gasteiger partial charge in [0.05, 0.1) is 5.69 Å². The van der Waals surface area contributed by atoms with E-state index in [0.717, 1.165) is 11.3 Å². The van der Waals surface area contributed by atoms with Crippen LogP contribution in [0.1, 0.15) is 16.8 Å². The Bertz CT molecular complexity index is 877. The zero-order valence-corrected chi connectivity index (χ0v) is 14.3. The molecule has 7 heteroatoms. The summed E-state index contributed by atoms with van der Waals surface area (Å²) in [5.41, 5.74) is 3.49. The van der Waals surface area contributed by atoms with Gasteiger partial charge in [0.25, 0.3) is 0 Å². The summed E-state index contributed by atoms with van der Waals surface area (Å²) in [5, 5.41) is 5.39. The number of aromatic nitrogens is 2. The molecule has 0 fully saturated rings. The number of urea groups is 1. The fourth-order valence-corrected chi connectivity index (χ4v) is 2.35. The molecule has 0 unspecified atom stereocenters. The summed E-state index contributed by atoms with van der Waals surface area (Å²) in [7, 11) is 0. The van der Waals surface area contributed by atoms with Gasteiger partial charge in [-0.25, -0.2) is 14.8 Å². The quantitative estimate of drug-likeness (QED) is 0.666. The second kappa shape index (κ2) is 8.24. The van der Waals surface area contributed by atoms with Crippen molar-refractivity contribution in [2.45, 2.75) is 19.9 Å². The van der Waals surface area contributed by atoms with Crippen LogP contribution >= 0.6 is 0 Å². The highest BCUT2D eigenvalue weighted by atomic mass is 19.1. The van der Waals surface area contributed by atoms with Crippen LogP contribution in [0.15, 0.2) is 53.3 Å². The molecule has 0 aliphatic rings. The predicted octanol–water partition coefficient (Wildman–Crippen LogP) is 3.23. The van der Waals surface area contributed by atoms with Crippen molar-refractivity contribution >= 4 is 6.03 Å². The van der Waals surface area contributed by atoms with Crippen molar-refractivity contribution in [3.63, 3.8) is 0 Å². The van der Waals surface area contributed by atoms with Crippen molar-refractivity contribution in [3.05, 3.63) is 71.6 Å². The highest BCUT2D eigenvalue weighted by Gasteiger charge is 2.07. The molecule has 2 heterocycles. The average Bonchev–Trinajstić information content (AvgIpc) is 3.09. The minimum atomic E-state index is -0.569. The number of carbonyl (C=O) groups is 1. The lowest BCUT2D eigenvalue weighted by Gasteiger charge is -2.06. The van der Waals surface area contributed by atoms with Crippen LogP contribution in [0.2, 0.25) is 0 Å². The van der Waals surface area contributed by atoms with Crippen molar-refractivity contribution in [1.29, 1.82) is 0 Å². The third-order valence-electron chi connectivity index (χ3n) is 3.76. The van der Waals surface area contributed by atoms with E-state index in [1.54, 1.807) is 12.3 Å². The van der Waals surface area contributed by atoms with Crippen molar-refractivity contribution < 1.29 is 13.6 Å². The number of benzene rings is 1. The molecular weight excluding hydrogens is 335 g/mol. The van der Waals surface area contributed by atoms with Gasteiger partial charge in [-0.3, -0.25) is 0 Å². The number of carbonyl (C=O) groups excluding carboxylic acids is 1. The minimum Gasteiger partial charge on any atom is -0.444 e. The Balaban J connectivity index is 1.43. The third-order valence-corrected chi connectivity index (χ3v) is 3.76. The van der Waals surface area contributed by atoms with E-state index in [9.17, 15) is 9.18 Å². The van der Waals surface area contributed by atoms with E-state index < -0.39 is 5.95 Å². The topological polar surface area (TPSA) is 80.0 Å². The van der Waals surface area contributed by atoms with E-state index in [2.05, 4.69) is 20.6 Å². The highest BCUT2D eigenvalue weighted by molar-refractivity contribution is 5.73. The number of hydrogen-bond donors (Lipinski definition) is 2. The Morgan fingerprint density at radius 3 is 2.77 bits per heavy atom. The Kier molecular flexibility index (Phi) is 5.58. The zero-order chi connectivity index (χ0) is 18.4. The fourth-order valence-electron chi connectivity index (χ4n) is 2.35. The molecule has 2 amide bonds. The number of pyridine rings is 1. The van der Waals surface area contributed by atoms with Crippen molar-refractivity contribution in [2.75, 3.05) is 6.54 Å². The third kappa shape index (κ3) is 4.89. The molecule has 0 spiro atoms. The van der Waals surface area contributed by atoms with Crippen LogP contribution in [0, 0.1) is 12.9 Å². The molecule has 6 nitrogen and oxygen atoms in total. The predicted molar refractivity (Wildman–Crippen MR) is 94.8 cm³/mol. The van der Waals surface area contributed by atoms with Crippen LogP contribution < -0.4 is 10.6 Å². The summed E-state index contributed by atoms with van der Waals surface area (Å²) >= 11 is 0. The van der Waals surface area contributed by atoms with Gasteiger partial charge in [-0.15, -0.1) is 0 Å². The molecule has 1 aromatic carbocycles. The number of aryl methyl sites for hydroxylation is 1. The average molecular weight is 354 g/mol. The highest BCUT2D eigenvalue weighted by Crippen LogP contribution is 2.19. The second-order valence-corrected chi connectivity index (χ2v) is 5.86. The van der Waals surface area contributed by atoms with Gasteiger partial charge in [0.1, 0.15) is 6.26 Å². The molecule has 0 bridgehead atoms. The smallest absolute Gasteiger partial charge is 0.315 e. The van der Waals surface area contributed by atoms with E-state index >= 15 is 0 Å². The number of nitrogens with one attached hydrogen (secondary N) is 2. The van der Waals surface area contributed by atoms with Gasteiger partial charge >= 0.3 is 6.03 Å². The molecule has 3 rings (SSSR count). The molecular formula is C19H19FN4O2. The fraction of sp³-hybridized carbons (Fsp3) is 0.211. The van der Waals surface area contributed by atoms with Crippen LogP contribution in [-0.2, 0) is 13.0 Å². The molecule has 0 aliphatic carbocycles. The Labute approximate surface area is 150 Å². The van der Waals surface area contributed by atoms with E-state index in [1.807, 2.05) is 31.2 Å². The largest absolute Gasteiger partial charge is 0.444 e. The number of nitrogens with zero attached hydrogens (tertiary/aromatic N) is 2. The Morgan fingerprint density at radius 2 is 2.00 bits per heavy atom. The molecule has 0 atom stereocenters. The van der Waals surface area contributed by atoms with Gasteiger partial charge in [-0.2, -0.15) is 4.39 Å². The first kappa shape index (κ1) is 17.6. The summed E-state index contributed by atoms with van der Waals surface area (Å²) in [6.07, 6.45) is 3.50. The standard InChI is InChI=1S/C19H19FN4O2/c1-13-2-4-15(5-3-13)18-24-16(12-26-18)7-9-22-19(25)23-11-14-6-8-21-17(20)10-14/h2-6,8,10,12H,7,9,11H2,1H3,(H2,22,23,25). The normalized spacial score (nSPS) is 10.5. The molecule has 26 heavy (non-hydrogen) atoms. The number of amides is 2. The SMILES string of the molecule is Cc1ccc(-c2nc(CCNC(=O)NCc3ccnc(F)c3)co2)cc1.